The number of alkyl halides is 3. The van der Waals surface area contributed by atoms with Gasteiger partial charge in [0.05, 0.1) is 22.3 Å². The number of amides is 2. The minimum absolute atomic E-state index is 0.0362. The number of nitrogens with one attached hydrogen (secondary N) is 2. The van der Waals surface area contributed by atoms with E-state index in [1.54, 1.807) is 0 Å². The summed E-state index contributed by atoms with van der Waals surface area (Å²) in [5.41, 5.74) is 1.19. The van der Waals surface area contributed by atoms with Gasteiger partial charge in [0, 0.05) is 0 Å². The molecule has 0 heterocycles. The predicted octanol–water partition coefficient (Wildman–Crippen LogP) is 7.15. The van der Waals surface area contributed by atoms with Crippen LogP contribution in [0.3, 0.4) is 0 Å². The molecule has 2 aromatic carbocycles. The number of hydrogen-bond donors (Lipinski definition) is 2. The van der Waals surface area contributed by atoms with Crippen LogP contribution in [0.15, 0.2) is 42.5 Å². The van der Waals surface area contributed by atoms with Crippen LogP contribution >= 0.6 is 11.6 Å². The lowest BCUT2D eigenvalue weighted by atomic mass is 9.95. The van der Waals surface area contributed by atoms with Gasteiger partial charge in [-0.15, -0.1) is 0 Å². The summed E-state index contributed by atoms with van der Waals surface area (Å²) in [6, 6.07) is 9.94. The Labute approximate surface area is 168 Å². The van der Waals surface area contributed by atoms with Crippen molar-refractivity contribution in [3.8, 4) is 0 Å². The second-order valence-electron chi connectivity index (χ2n) is 6.73. The summed E-state index contributed by atoms with van der Waals surface area (Å²) in [5, 5.41) is 5.24. The molecule has 0 unspecified atom stereocenters. The van der Waals surface area contributed by atoms with E-state index in [-0.39, 0.29) is 16.8 Å². The van der Waals surface area contributed by atoms with Crippen LogP contribution in [0.1, 0.15) is 62.3 Å². The molecule has 0 aliphatic rings. The molecular weight excluding hydrogens is 389 g/mol. The zero-order chi connectivity index (χ0) is 20.9. The van der Waals surface area contributed by atoms with Crippen molar-refractivity contribution < 1.29 is 18.0 Å². The van der Waals surface area contributed by atoms with Crippen LogP contribution < -0.4 is 10.6 Å². The number of anilines is 1. The highest BCUT2D eigenvalue weighted by atomic mass is 35.5. The van der Waals surface area contributed by atoms with Crippen LogP contribution in [-0.4, -0.2) is 6.03 Å². The van der Waals surface area contributed by atoms with Crippen molar-refractivity contribution in [2.45, 2.75) is 51.7 Å². The van der Waals surface area contributed by atoms with Gasteiger partial charge < -0.3 is 10.6 Å². The predicted molar refractivity (Wildman–Crippen MR) is 107 cm³/mol. The standard InChI is InChI=1S/C21H24ClF3N2O/c1-4-13(3)14-6-8-15(9-7-14)18(5-2)26-20(28)27-19-12-16(21(23,24)25)10-11-17(19)22/h6-13,18H,4-5H2,1-3H3,(H2,26,27,28)/t13-,18+/m1/s1. The van der Waals surface area contributed by atoms with E-state index >= 15 is 0 Å². The van der Waals surface area contributed by atoms with Gasteiger partial charge in [-0.25, -0.2) is 4.79 Å². The Kier molecular flexibility index (Phi) is 7.35. The molecule has 7 heteroatoms. The van der Waals surface area contributed by atoms with Crippen LogP contribution in [0.25, 0.3) is 0 Å². The first-order valence-corrected chi connectivity index (χ1v) is 9.57. The number of halogens is 4. The molecule has 3 nitrogen and oxygen atoms in total. The van der Waals surface area contributed by atoms with E-state index in [0.29, 0.717) is 12.3 Å². The Balaban J connectivity index is 2.10. The molecule has 28 heavy (non-hydrogen) atoms. The van der Waals surface area contributed by atoms with E-state index in [2.05, 4.69) is 24.5 Å². The molecule has 0 saturated heterocycles. The van der Waals surface area contributed by atoms with Crippen LogP contribution in [0.5, 0.6) is 0 Å². The molecule has 0 aliphatic heterocycles. The van der Waals surface area contributed by atoms with Gasteiger partial charge in [-0.05, 0) is 48.1 Å². The van der Waals surface area contributed by atoms with Crippen molar-refractivity contribution in [2.24, 2.45) is 0 Å². The molecule has 0 aromatic heterocycles. The quantitative estimate of drug-likeness (QED) is 0.519. The maximum atomic E-state index is 12.9. The van der Waals surface area contributed by atoms with E-state index in [0.717, 1.165) is 30.2 Å². The molecule has 0 fully saturated rings. The van der Waals surface area contributed by atoms with Gasteiger partial charge in [0.1, 0.15) is 0 Å². The summed E-state index contributed by atoms with van der Waals surface area (Å²) in [6.07, 6.45) is -2.85. The summed E-state index contributed by atoms with van der Waals surface area (Å²) in [7, 11) is 0. The van der Waals surface area contributed by atoms with Gasteiger partial charge in [-0.2, -0.15) is 13.2 Å². The highest BCUT2D eigenvalue weighted by Gasteiger charge is 2.31. The number of urea groups is 1. The molecule has 0 radical (unpaired) electrons. The fourth-order valence-electron chi connectivity index (χ4n) is 2.83. The van der Waals surface area contributed by atoms with Crippen molar-refractivity contribution in [2.75, 3.05) is 5.32 Å². The Hall–Kier alpha value is -2.21. The van der Waals surface area contributed by atoms with Gasteiger partial charge in [-0.1, -0.05) is 56.6 Å². The van der Waals surface area contributed by atoms with Crippen molar-refractivity contribution in [3.63, 3.8) is 0 Å². The average molecular weight is 413 g/mol. The van der Waals surface area contributed by atoms with Gasteiger partial charge in [0.25, 0.3) is 0 Å². The summed E-state index contributed by atoms with van der Waals surface area (Å²) in [6.45, 7) is 6.19. The van der Waals surface area contributed by atoms with E-state index in [4.69, 9.17) is 11.6 Å². The Morgan fingerprint density at radius 3 is 2.18 bits per heavy atom. The molecule has 2 atom stereocenters. The van der Waals surface area contributed by atoms with Crippen LogP contribution in [0, 0.1) is 0 Å². The largest absolute Gasteiger partial charge is 0.416 e. The first-order valence-electron chi connectivity index (χ1n) is 9.19. The van der Waals surface area contributed by atoms with E-state index in [1.807, 2.05) is 31.2 Å². The molecule has 2 amide bonds. The third kappa shape index (κ3) is 5.64. The minimum Gasteiger partial charge on any atom is -0.331 e. The van der Waals surface area contributed by atoms with Crippen molar-refractivity contribution in [3.05, 3.63) is 64.2 Å². The summed E-state index contributed by atoms with van der Waals surface area (Å²) in [4.78, 5) is 12.3. The monoisotopic (exact) mass is 412 g/mol. The lowest BCUT2D eigenvalue weighted by molar-refractivity contribution is -0.137. The van der Waals surface area contributed by atoms with Gasteiger partial charge in [0.15, 0.2) is 0 Å². The molecule has 0 spiro atoms. The number of carbonyl (C=O) groups is 1. The number of rotatable bonds is 6. The number of hydrogen-bond acceptors (Lipinski definition) is 1. The topological polar surface area (TPSA) is 41.1 Å². The fraction of sp³-hybridized carbons (Fsp3) is 0.381. The van der Waals surface area contributed by atoms with Crippen molar-refractivity contribution in [1.29, 1.82) is 0 Å². The molecule has 152 valence electrons. The Morgan fingerprint density at radius 1 is 1.04 bits per heavy atom. The molecule has 2 rings (SSSR count). The van der Waals surface area contributed by atoms with Crippen LogP contribution in [0.2, 0.25) is 5.02 Å². The molecule has 0 saturated carbocycles. The highest BCUT2D eigenvalue weighted by molar-refractivity contribution is 6.33. The first kappa shape index (κ1) is 22.1. The second kappa shape index (κ2) is 9.32. The summed E-state index contributed by atoms with van der Waals surface area (Å²) >= 11 is 5.93. The smallest absolute Gasteiger partial charge is 0.331 e. The molecular formula is C21H24ClF3N2O. The fourth-order valence-corrected chi connectivity index (χ4v) is 2.99. The second-order valence-corrected chi connectivity index (χ2v) is 7.13. The van der Waals surface area contributed by atoms with E-state index in [9.17, 15) is 18.0 Å². The Bertz CT molecular complexity index is 806. The first-order chi connectivity index (χ1) is 13.2. The van der Waals surface area contributed by atoms with Crippen molar-refractivity contribution in [1.82, 2.24) is 5.32 Å². The van der Waals surface area contributed by atoms with Gasteiger partial charge in [0.2, 0.25) is 0 Å². The van der Waals surface area contributed by atoms with E-state index < -0.39 is 17.8 Å². The zero-order valence-electron chi connectivity index (χ0n) is 16.0. The normalized spacial score (nSPS) is 13.7. The molecule has 0 bridgehead atoms. The van der Waals surface area contributed by atoms with Gasteiger partial charge in [-0.3, -0.25) is 0 Å². The molecule has 0 aliphatic carbocycles. The van der Waals surface area contributed by atoms with Crippen molar-refractivity contribution >= 4 is 23.3 Å². The number of carbonyl (C=O) groups excluding carboxylic acids is 1. The van der Waals surface area contributed by atoms with Crippen LogP contribution in [-0.2, 0) is 6.18 Å². The summed E-state index contributed by atoms with van der Waals surface area (Å²) < 4.78 is 38.6. The lowest BCUT2D eigenvalue weighted by Gasteiger charge is -2.20. The third-order valence-electron chi connectivity index (χ3n) is 4.78. The molecule has 2 aromatic rings. The number of benzene rings is 2. The van der Waals surface area contributed by atoms with Crippen LogP contribution in [0.4, 0.5) is 23.7 Å². The SMILES string of the molecule is CC[C@@H](C)c1ccc([C@H](CC)NC(=O)Nc2cc(C(F)(F)F)ccc2Cl)cc1. The Morgan fingerprint density at radius 2 is 1.64 bits per heavy atom. The highest BCUT2D eigenvalue weighted by Crippen LogP contribution is 2.34. The summed E-state index contributed by atoms with van der Waals surface area (Å²) in [5.74, 6) is 0.452. The molecule has 2 N–H and O–H groups in total. The maximum absolute atomic E-state index is 12.9. The lowest BCUT2D eigenvalue weighted by Crippen LogP contribution is -2.32. The maximum Gasteiger partial charge on any atom is 0.416 e. The minimum atomic E-state index is -4.51. The van der Waals surface area contributed by atoms with E-state index in [1.165, 1.54) is 5.56 Å². The average Bonchev–Trinajstić information content (AvgIpc) is 2.66. The zero-order valence-corrected chi connectivity index (χ0v) is 16.8. The third-order valence-corrected chi connectivity index (χ3v) is 5.11. The van der Waals surface area contributed by atoms with Gasteiger partial charge >= 0.3 is 12.2 Å².